The predicted octanol–water partition coefficient (Wildman–Crippen LogP) is 1.54. The van der Waals surface area contributed by atoms with Crippen LogP contribution in [0.15, 0.2) is 30.6 Å². The first-order valence-corrected chi connectivity index (χ1v) is 9.08. The van der Waals surface area contributed by atoms with Crippen LogP contribution in [0, 0.1) is 5.92 Å². The Kier molecular flexibility index (Phi) is 4.47. The van der Waals surface area contributed by atoms with Gasteiger partial charge in [-0.1, -0.05) is 18.2 Å². The van der Waals surface area contributed by atoms with Gasteiger partial charge in [-0.25, -0.2) is 4.98 Å². The predicted molar refractivity (Wildman–Crippen MR) is 87.5 cm³/mol. The lowest BCUT2D eigenvalue weighted by atomic mass is 10.1. The van der Waals surface area contributed by atoms with E-state index in [0.29, 0.717) is 11.7 Å². The van der Waals surface area contributed by atoms with E-state index >= 15 is 0 Å². The molecule has 1 aromatic heterocycles. The molecular weight excluding hydrogens is 314 g/mol. The lowest BCUT2D eigenvalue weighted by Gasteiger charge is -2.24. The maximum atomic E-state index is 12.4. The third-order valence-corrected chi connectivity index (χ3v) is 5.93. The lowest BCUT2D eigenvalue weighted by Crippen LogP contribution is -2.43. The maximum Gasteiger partial charge on any atom is 0.279 e. The number of H-pyrrole nitrogens is 1. The van der Waals surface area contributed by atoms with Crippen LogP contribution in [0.25, 0.3) is 11.4 Å². The standard InChI is InChI=1S/C15H21N5O2S/c1-11(13-6-7-13)20(2)23(21,22)18-9-12-4-3-5-14(8-12)15-16-10-17-19-15/h3-5,8,10-11,13,18H,6-7,9H2,1-2H3,(H,16,17,19). The molecule has 124 valence electrons. The monoisotopic (exact) mass is 335 g/mol. The Bertz CT molecular complexity index is 756. The van der Waals surface area contributed by atoms with Crippen LogP contribution in [-0.4, -0.2) is 41.0 Å². The summed E-state index contributed by atoms with van der Waals surface area (Å²) in [5.74, 6) is 1.15. The van der Waals surface area contributed by atoms with Crippen molar-refractivity contribution in [2.45, 2.75) is 32.4 Å². The molecule has 0 bridgehead atoms. The molecule has 2 aromatic rings. The summed E-state index contributed by atoms with van der Waals surface area (Å²) in [4.78, 5) is 4.10. The largest absolute Gasteiger partial charge is 0.279 e. The molecule has 23 heavy (non-hydrogen) atoms. The van der Waals surface area contributed by atoms with Gasteiger partial charge in [0, 0.05) is 25.2 Å². The number of rotatable bonds is 7. The second-order valence-corrected chi connectivity index (χ2v) is 7.77. The van der Waals surface area contributed by atoms with Crippen LogP contribution in [-0.2, 0) is 16.8 Å². The van der Waals surface area contributed by atoms with Gasteiger partial charge in [0.25, 0.3) is 10.2 Å². The fourth-order valence-corrected chi connectivity index (χ4v) is 3.71. The van der Waals surface area contributed by atoms with E-state index in [1.165, 1.54) is 10.6 Å². The first kappa shape index (κ1) is 16.1. The summed E-state index contributed by atoms with van der Waals surface area (Å²) in [6, 6.07) is 7.59. The van der Waals surface area contributed by atoms with Gasteiger partial charge < -0.3 is 0 Å². The van der Waals surface area contributed by atoms with Crippen LogP contribution in [0.2, 0.25) is 0 Å². The van der Waals surface area contributed by atoms with Crippen molar-refractivity contribution >= 4 is 10.2 Å². The highest BCUT2D eigenvalue weighted by molar-refractivity contribution is 7.87. The molecule has 3 rings (SSSR count). The Labute approximate surface area is 136 Å². The zero-order valence-electron chi connectivity index (χ0n) is 13.2. The summed E-state index contributed by atoms with van der Waals surface area (Å²) in [5.41, 5.74) is 1.74. The molecule has 1 heterocycles. The molecule has 1 unspecified atom stereocenters. The van der Waals surface area contributed by atoms with E-state index in [-0.39, 0.29) is 12.6 Å². The molecule has 0 amide bonds. The highest BCUT2D eigenvalue weighted by Gasteiger charge is 2.35. The molecule has 1 saturated carbocycles. The van der Waals surface area contributed by atoms with Crippen LogP contribution in [0.5, 0.6) is 0 Å². The van der Waals surface area contributed by atoms with E-state index in [4.69, 9.17) is 0 Å². The summed E-state index contributed by atoms with van der Waals surface area (Å²) in [7, 11) is -1.85. The van der Waals surface area contributed by atoms with Crippen LogP contribution >= 0.6 is 0 Å². The van der Waals surface area contributed by atoms with Crippen molar-refractivity contribution < 1.29 is 8.42 Å². The Hall–Kier alpha value is -1.77. The SMILES string of the molecule is CC(C1CC1)N(C)S(=O)(=O)NCc1cccc(-c2ncn[nH]2)c1. The van der Waals surface area contributed by atoms with Crippen LogP contribution in [0.4, 0.5) is 0 Å². The van der Waals surface area contributed by atoms with E-state index in [1.54, 1.807) is 7.05 Å². The molecule has 1 atom stereocenters. The number of nitrogens with zero attached hydrogens (tertiary/aromatic N) is 3. The minimum atomic E-state index is -3.48. The van der Waals surface area contributed by atoms with Gasteiger partial charge in [0.2, 0.25) is 0 Å². The molecule has 0 radical (unpaired) electrons. The second-order valence-electron chi connectivity index (χ2n) is 5.95. The number of hydrogen-bond donors (Lipinski definition) is 2. The van der Waals surface area contributed by atoms with Gasteiger partial charge in [0.15, 0.2) is 5.82 Å². The molecule has 1 aliphatic carbocycles. The normalized spacial score (nSPS) is 16.7. The van der Waals surface area contributed by atoms with Gasteiger partial charge in [-0.15, -0.1) is 0 Å². The molecule has 1 fully saturated rings. The fourth-order valence-electron chi connectivity index (χ4n) is 2.54. The van der Waals surface area contributed by atoms with Gasteiger partial charge in [0.05, 0.1) is 0 Å². The molecule has 1 aromatic carbocycles. The third kappa shape index (κ3) is 3.77. The topological polar surface area (TPSA) is 91.0 Å². The van der Waals surface area contributed by atoms with Crippen molar-refractivity contribution in [3.63, 3.8) is 0 Å². The molecule has 0 aliphatic heterocycles. The van der Waals surface area contributed by atoms with Crippen LogP contribution in [0.3, 0.4) is 0 Å². The molecule has 2 N–H and O–H groups in total. The van der Waals surface area contributed by atoms with Crippen molar-refractivity contribution in [2.24, 2.45) is 5.92 Å². The smallest absolute Gasteiger partial charge is 0.259 e. The number of aromatic amines is 1. The average molecular weight is 335 g/mol. The van der Waals surface area contributed by atoms with Crippen molar-refractivity contribution in [3.05, 3.63) is 36.2 Å². The average Bonchev–Trinajstić information content (AvgIpc) is 3.26. The van der Waals surface area contributed by atoms with Crippen LogP contribution < -0.4 is 4.72 Å². The van der Waals surface area contributed by atoms with Crippen LogP contribution in [0.1, 0.15) is 25.3 Å². The minimum Gasteiger partial charge on any atom is -0.259 e. The maximum absolute atomic E-state index is 12.4. The van der Waals surface area contributed by atoms with Gasteiger partial charge in [0.1, 0.15) is 6.33 Å². The van der Waals surface area contributed by atoms with Crippen molar-refractivity contribution in [2.75, 3.05) is 7.05 Å². The van der Waals surface area contributed by atoms with E-state index in [0.717, 1.165) is 24.0 Å². The number of benzene rings is 1. The summed E-state index contributed by atoms with van der Waals surface area (Å²) in [5, 5.41) is 6.62. The van der Waals surface area contributed by atoms with Gasteiger partial charge in [-0.2, -0.15) is 22.5 Å². The molecule has 0 saturated heterocycles. The quantitative estimate of drug-likeness (QED) is 0.803. The zero-order chi connectivity index (χ0) is 16.4. The summed E-state index contributed by atoms with van der Waals surface area (Å²) >= 11 is 0. The first-order valence-electron chi connectivity index (χ1n) is 7.64. The first-order chi connectivity index (χ1) is 11.0. The minimum absolute atomic E-state index is 0.0352. The van der Waals surface area contributed by atoms with Gasteiger partial charge in [-0.3, -0.25) is 5.10 Å². The van der Waals surface area contributed by atoms with Gasteiger partial charge in [-0.05, 0) is 37.3 Å². The molecular formula is C15H21N5O2S. The summed E-state index contributed by atoms with van der Waals surface area (Å²) in [6.45, 7) is 2.20. The number of nitrogens with one attached hydrogen (secondary N) is 2. The van der Waals surface area contributed by atoms with Gasteiger partial charge >= 0.3 is 0 Å². The van der Waals surface area contributed by atoms with E-state index < -0.39 is 10.2 Å². The third-order valence-electron chi connectivity index (χ3n) is 4.33. The highest BCUT2D eigenvalue weighted by Crippen LogP contribution is 2.35. The van der Waals surface area contributed by atoms with Crippen molar-refractivity contribution in [3.8, 4) is 11.4 Å². The Morgan fingerprint density at radius 3 is 2.87 bits per heavy atom. The number of aromatic nitrogens is 3. The Balaban J connectivity index is 1.66. The molecule has 7 nitrogen and oxygen atoms in total. The van der Waals surface area contributed by atoms with E-state index in [9.17, 15) is 8.42 Å². The molecule has 1 aliphatic rings. The van der Waals surface area contributed by atoms with Crippen molar-refractivity contribution in [1.29, 1.82) is 0 Å². The summed E-state index contributed by atoms with van der Waals surface area (Å²) in [6.07, 6.45) is 3.67. The number of hydrogen-bond acceptors (Lipinski definition) is 4. The van der Waals surface area contributed by atoms with Crippen molar-refractivity contribution in [1.82, 2.24) is 24.2 Å². The molecule has 8 heteroatoms. The zero-order valence-corrected chi connectivity index (χ0v) is 14.0. The second kappa shape index (κ2) is 6.38. The highest BCUT2D eigenvalue weighted by atomic mass is 32.2. The Morgan fingerprint density at radius 2 is 2.22 bits per heavy atom. The molecule has 0 spiro atoms. The van der Waals surface area contributed by atoms with E-state index in [1.807, 2.05) is 31.2 Å². The fraction of sp³-hybridized carbons (Fsp3) is 0.467. The Morgan fingerprint density at radius 1 is 1.43 bits per heavy atom. The van der Waals surface area contributed by atoms with E-state index in [2.05, 4.69) is 19.9 Å². The summed E-state index contributed by atoms with van der Waals surface area (Å²) < 4.78 is 28.9. The lowest BCUT2D eigenvalue weighted by molar-refractivity contribution is 0.351.